The van der Waals surface area contributed by atoms with Crippen molar-refractivity contribution in [1.29, 1.82) is 0 Å². The SMILES string of the molecule is Nc1nc(-c2cccnc2)nc2c1CCCCC2. The Balaban J connectivity index is 2.08. The second kappa shape index (κ2) is 4.72. The molecule has 18 heavy (non-hydrogen) atoms. The molecule has 0 aliphatic heterocycles. The van der Waals surface area contributed by atoms with Gasteiger partial charge in [-0.3, -0.25) is 4.98 Å². The number of fused-ring (bicyclic) bond motifs is 1. The van der Waals surface area contributed by atoms with Gasteiger partial charge in [0.1, 0.15) is 5.82 Å². The predicted octanol–water partition coefficient (Wildman–Crippen LogP) is 2.39. The van der Waals surface area contributed by atoms with E-state index in [0.29, 0.717) is 11.6 Å². The predicted molar refractivity (Wildman–Crippen MR) is 70.9 cm³/mol. The Morgan fingerprint density at radius 3 is 2.78 bits per heavy atom. The van der Waals surface area contributed by atoms with E-state index >= 15 is 0 Å². The van der Waals surface area contributed by atoms with Crippen molar-refractivity contribution in [1.82, 2.24) is 15.0 Å². The lowest BCUT2D eigenvalue weighted by atomic mass is 10.1. The molecule has 92 valence electrons. The molecule has 0 unspecified atom stereocenters. The highest BCUT2D eigenvalue weighted by molar-refractivity contribution is 5.57. The quantitative estimate of drug-likeness (QED) is 0.777. The van der Waals surface area contributed by atoms with E-state index in [1.165, 1.54) is 19.3 Å². The zero-order valence-electron chi connectivity index (χ0n) is 10.3. The van der Waals surface area contributed by atoms with Gasteiger partial charge >= 0.3 is 0 Å². The molecule has 0 fully saturated rings. The molecule has 0 bridgehead atoms. The van der Waals surface area contributed by atoms with Gasteiger partial charge in [0.15, 0.2) is 5.82 Å². The molecule has 4 nitrogen and oxygen atoms in total. The van der Waals surface area contributed by atoms with Crippen LogP contribution in [0.2, 0.25) is 0 Å². The highest BCUT2D eigenvalue weighted by atomic mass is 15.0. The summed E-state index contributed by atoms with van der Waals surface area (Å²) in [6, 6.07) is 3.85. The van der Waals surface area contributed by atoms with Gasteiger partial charge in [-0.1, -0.05) is 6.42 Å². The van der Waals surface area contributed by atoms with E-state index in [-0.39, 0.29) is 0 Å². The van der Waals surface area contributed by atoms with Crippen molar-refractivity contribution < 1.29 is 0 Å². The molecule has 3 rings (SSSR count). The summed E-state index contributed by atoms with van der Waals surface area (Å²) in [6.45, 7) is 0. The first-order valence-corrected chi connectivity index (χ1v) is 6.40. The number of hydrogen-bond donors (Lipinski definition) is 1. The van der Waals surface area contributed by atoms with Gasteiger partial charge in [0.05, 0.1) is 0 Å². The molecule has 0 saturated carbocycles. The standard InChI is InChI=1S/C14H16N4/c15-13-11-6-2-1-3-7-12(11)17-14(18-13)10-5-4-8-16-9-10/h4-5,8-9H,1-3,6-7H2,(H2,15,17,18). The Bertz CT molecular complexity index is 551. The monoisotopic (exact) mass is 240 g/mol. The molecule has 2 aromatic heterocycles. The molecular weight excluding hydrogens is 224 g/mol. The smallest absolute Gasteiger partial charge is 0.163 e. The van der Waals surface area contributed by atoms with Crippen LogP contribution in [0.3, 0.4) is 0 Å². The summed E-state index contributed by atoms with van der Waals surface area (Å²) in [7, 11) is 0. The second-order valence-electron chi connectivity index (χ2n) is 4.66. The van der Waals surface area contributed by atoms with Gasteiger partial charge in [0.25, 0.3) is 0 Å². The van der Waals surface area contributed by atoms with Crippen LogP contribution in [0.5, 0.6) is 0 Å². The number of rotatable bonds is 1. The van der Waals surface area contributed by atoms with Crippen LogP contribution in [0.25, 0.3) is 11.4 Å². The van der Waals surface area contributed by atoms with Gasteiger partial charge in [-0.2, -0.15) is 0 Å². The van der Waals surface area contributed by atoms with Crippen LogP contribution in [0, 0.1) is 0 Å². The van der Waals surface area contributed by atoms with Crippen LogP contribution in [-0.2, 0) is 12.8 Å². The lowest BCUT2D eigenvalue weighted by Crippen LogP contribution is -2.06. The van der Waals surface area contributed by atoms with Crippen LogP contribution in [0.15, 0.2) is 24.5 Å². The maximum atomic E-state index is 6.08. The molecule has 2 heterocycles. The van der Waals surface area contributed by atoms with E-state index in [2.05, 4.69) is 15.0 Å². The van der Waals surface area contributed by atoms with Crippen molar-refractivity contribution in [2.75, 3.05) is 5.73 Å². The van der Waals surface area contributed by atoms with Crippen LogP contribution in [0.1, 0.15) is 30.5 Å². The van der Waals surface area contributed by atoms with E-state index in [1.54, 1.807) is 12.4 Å². The molecular formula is C14H16N4. The summed E-state index contributed by atoms with van der Waals surface area (Å²) >= 11 is 0. The van der Waals surface area contributed by atoms with E-state index in [4.69, 9.17) is 5.73 Å². The lowest BCUT2D eigenvalue weighted by molar-refractivity contribution is 0.709. The third-order valence-corrected chi connectivity index (χ3v) is 3.38. The minimum atomic E-state index is 0.640. The lowest BCUT2D eigenvalue weighted by Gasteiger charge is -2.10. The molecule has 1 aliphatic carbocycles. The highest BCUT2D eigenvalue weighted by Crippen LogP contribution is 2.25. The number of anilines is 1. The summed E-state index contributed by atoms with van der Waals surface area (Å²) < 4.78 is 0. The first-order chi connectivity index (χ1) is 8.84. The number of hydrogen-bond acceptors (Lipinski definition) is 4. The fourth-order valence-corrected chi connectivity index (χ4v) is 2.42. The van der Waals surface area contributed by atoms with Crippen molar-refractivity contribution >= 4 is 5.82 Å². The van der Waals surface area contributed by atoms with Crippen LogP contribution < -0.4 is 5.73 Å². The molecule has 2 aromatic rings. The summed E-state index contributed by atoms with van der Waals surface area (Å²) in [4.78, 5) is 13.2. The van der Waals surface area contributed by atoms with Crippen LogP contribution in [-0.4, -0.2) is 15.0 Å². The Morgan fingerprint density at radius 2 is 1.94 bits per heavy atom. The average molecular weight is 240 g/mol. The van der Waals surface area contributed by atoms with Gasteiger partial charge in [0, 0.05) is 29.2 Å². The van der Waals surface area contributed by atoms with Crippen molar-refractivity contribution in [2.45, 2.75) is 32.1 Å². The van der Waals surface area contributed by atoms with E-state index < -0.39 is 0 Å². The van der Waals surface area contributed by atoms with Crippen LogP contribution in [0.4, 0.5) is 5.82 Å². The molecule has 0 amide bonds. The van der Waals surface area contributed by atoms with E-state index in [9.17, 15) is 0 Å². The Kier molecular flexibility index (Phi) is 2.92. The average Bonchev–Trinajstić information content (AvgIpc) is 2.65. The van der Waals surface area contributed by atoms with Crippen molar-refractivity contribution in [2.24, 2.45) is 0 Å². The fourth-order valence-electron chi connectivity index (χ4n) is 2.42. The number of aryl methyl sites for hydroxylation is 1. The summed E-state index contributed by atoms with van der Waals surface area (Å²) in [5, 5.41) is 0. The van der Waals surface area contributed by atoms with Gasteiger partial charge < -0.3 is 5.73 Å². The Morgan fingerprint density at radius 1 is 1.06 bits per heavy atom. The molecule has 0 saturated heterocycles. The number of nitrogen functional groups attached to an aromatic ring is 1. The third-order valence-electron chi connectivity index (χ3n) is 3.38. The zero-order chi connectivity index (χ0) is 12.4. The molecule has 0 aromatic carbocycles. The largest absolute Gasteiger partial charge is 0.383 e. The highest BCUT2D eigenvalue weighted by Gasteiger charge is 2.15. The van der Waals surface area contributed by atoms with Gasteiger partial charge in [-0.15, -0.1) is 0 Å². The molecule has 0 atom stereocenters. The van der Waals surface area contributed by atoms with Gasteiger partial charge in [0.2, 0.25) is 0 Å². The topological polar surface area (TPSA) is 64.7 Å². The zero-order valence-corrected chi connectivity index (χ0v) is 10.3. The summed E-state index contributed by atoms with van der Waals surface area (Å²) in [5.74, 6) is 1.34. The second-order valence-corrected chi connectivity index (χ2v) is 4.66. The normalized spacial score (nSPS) is 14.9. The molecule has 1 aliphatic rings. The van der Waals surface area contributed by atoms with Gasteiger partial charge in [-0.05, 0) is 37.8 Å². The van der Waals surface area contributed by atoms with Gasteiger partial charge in [-0.25, -0.2) is 9.97 Å². The number of nitrogens with two attached hydrogens (primary N) is 1. The number of pyridine rings is 1. The summed E-state index contributed by atoms with van der Waals surface area (Å²) in [5.41, 5.74) is 9.28. The molecule has 0 spiro atoms. The van der Waals surface area contributed by atoms with Crippen molar-refractivity contribution in [3.8, 4) is 11.4 Å². The van der Waals surface area contributed by atoms with E-state index in [0.717, 1.165) is 29.7 Å². The maximum absolute atomic E-state index is 6.08. The third kappa shape index (κ3) is 2.06. The first-order valence-electron chi connectivity index (χ1n) is 6.40. The summed E-state index contributed by atoms with van der Waals surface area (Å²) in [6.07, 6.45) is 9.17. The minimum absolute atomic E-state index is 0.640. The number of aromatic nitrogens is 3. The van der Waals surface area contributed by atoms with Crippen molar-refractivity contribution in [3.63, 3.8) is 0 Å². The first kappa shape index (κ1) is 11.1. The molecule has 4 heteroatoms. The minimum Gasteiger partial charge on any atom is -0.383 e. The van der Waals surface area contributed by atoms with Crippen LogP contribution >= 0.6 is 0 Å². The Hall–Kier alpha value is -1.97. The van der Waals surface area contributed by atoms with E-state index in [1.807, 2.05) is 12.1 Å². The maximum Gasteiger partial charge on any atom is 0.163 e. The fraction of sp³-hybridized carbons (Fsp3) is 0.357. The van der Waals surface area contributed by atoms with Crippen molar-refractivity contribution in [3.05, 3.63) is 35.8 Å². The molecule has 0 radical (unpaired) electrons. The Labute approximate surface area is 106 Å². The molecule has 2 N–H and O–H groups in total. The number of nitrogens with zero attached hydrogens (tertiary/aromatic N) is 3.